The maximum absolute atomic E-state index is 2.35. The summed E-state index contributed by atoms with van der Waals surface area (Å²) in [5.74, 6) is 0. The third kappa shape index (κ3) is 1.83. The fourth-order valence-corrected chi connectivity index (χ4v) is 2.82. The monoisotopic (exact) mass is 204 g/mol. The van der Waals surface area contributed by atoms with Gasteiger partial charge in [0.25, 0.3) is 0 Å². The maximum atomic E-state index is 2.35. The Hall–Kier alpha value is -0.820. The Morgan fingerprint density at radius 2 is 2.00 bits per heavy atom. The van der Waals surface area contributed by atoms with Gasteiger partial charge in [-0.2, -0.15) is 0 Å². The molecule has 0 saturated carbocycles. The van der Waals surface area contributed by atoms with Crippen LogP contribution >= 0.6 is 11.3 Å². The zero-order valence-corrected chi connectivity index (χ0v) is 9.66. The zero-order chi connectivity index (χ0) is 9.97. The van der Waals surface area contributed by atoms with Gasteiger partial charge in [-0.25, -0.2) is 0 Å². The van der Waals surface area contributed by atoms with Crippen LogP contribution in [0.15, 0.2) is 24.3 Å². The molecule has 2 aromatic rings. The van der Waals surface area contributed by atoms with E-state index < -0.39 is 0 Å². The van der Waals surface area contributed by atoms with Crippen LogP contribution in [-0.4, -0.2) is 0 Å². The van der Waals surface area contributed by atoms with Gasteiger partial charge in [0.2, 0.25) is 0 Å². The molecule has 1 aromatic heterocycles. The number of thiophene rings is 1. The Morgan fingerprint density at radius 1 is 1.14 bits per heavy atom. The summed E-state index contributed by atoms with van der Waals surface area (Å²) in [6, 6.07) is 9.19. The largest absolute Gasteiger partial charge is 0.140 e. The molecule has 0 atom stereocenters. The molecule has 1 aromatic carbocycles. The summed E-state index contributed by atoms with van der Waals surface area (Å²) >= 11 is 1.94. The van der Waals surface area contributed by atoms with Gasteiger partial charge in [0.1, 0.15) is 0 Å². The Kier molecular flexibility index (Phi) is 2.87. The third-order valence-electron chi connectivity index (χ3n) is 2.52. The molecule has 0 radical (unpaired) electrons. The fourth-order valence-electron chi connectivity index (χ4n) is 1.75. The molecule has 0 spiro atoms. The minimum atomic E-state index is 1.16. The van der Waals surface area contributed by atoms with E-state index in [4.69, 9.17) is 0 Å². The van der Waals surface area contributed by atoms with E-state index >= 15 is 0 Å². The van der Waals surface area contributed by atoms with Crippen LogP contribution in [0, 0.1) is 0 Å². The zero-order valence-electron chi connectivity index (χ0n) is 8.84. The second-order valence-electron chi connectivity index (χ2n) is 3.69. The van der Waals surface area contributed by atoms with Crippen molar-refractivity contribution in [3.63, 3.8) is 0 Å². The lowest BCUT2D eigenvalue weighted by Crippen LogP contribution is -1.80. The van der Waals surface area contributed by atoms with Crippen LogP contribution in [0.25, 0.3) is 10.1 Å². The Bertz CT molecular complexity index is 426. The summed E-state index contributed by atoms with van der Waals surface area (Å²) in [5, 5.41) is 1.41. The fraction of sp³-hybridized carbons (Fsp3) is 0.385. The predicted molar refractivity (Wildman–Crippen MR) is 65.2 cm³/mol. The summed E-state index contributed by atoms with van der Waals surface area (Å²) in [4.78, 5) is 1.49. The smallest absolute Gasteiger partial charge is 0.0348 e. The summed E-state index contributed by atoms with van der Waals surface area (Å²) < 4.78 is 1.45. The molecule has 0 amide bonds. The van der Waals surface area contributed by atoms with E-state index in [1.807, 2.05) is 11.3 Å². The number of hydrogen-bond acceptors (Lipinski definition) is 1. The lowest BCUT2D eigenvalue weighted by atomic mass is 10.1. The van der Waals surface area contributed by atoms with Gasteiger partial charge in [-0.15, -0.1) is 11.3 Å². The van der Waals surface area contributed by atoms with Crippen molar-refractivity contribution in [2.45, 2.75) is 33.1 Å². The Labute approximate surface area is 89.6 Å². The van der Waals surface area contributed by atoms with Crippen molar-refractivity contribution in [1.29, 1.82) is 0 Å². The molecule has 74 valence electrons. The molecule has 14 heavy (non-hydrogen) atoms. The molecule has 0 N–H and O–H groups in total. The van der Waals surface area contributed by atoms with Crippen LogP contribution in [0.1, 0.15) is 30.7 Å². The number of rotatable bonds is 3. The normalized spacial score (nSPS) is 11.0. The van der Waals surface area contributed by atoms with Crippen LogP contribution in [-0.2, 0) is 12.8 Å². The standard InChI is InChI=1S/C13H16S/c1-3-5-10-6-7-11-9-12(4-2)14-13(11)8-10/h6-9H,3-5H2,1-2H3. The summed E-state index contributed by atoms with van der Waals surface area (Å²) in [6.07, 6.45) is 3.59. The van der Waals surface area contributed by atoms with Crippen molar-refractivity contribution < 1.29 is 0 Å². The highest BCUT2D eigenvalue weighted by molar-refractivity contribution is 7.19. The third-order valence-corrected chi connectivity index (χ3v) is 3.76. The van der Waals surface area contributed by atoms with E-state index in [-0.39, 0.29) is 0 Å². The molecule has 0 unspecified atom stereocenters. The SMILES string of the molecule is CCCc1ccc2cc(CC)sc2c1. The highest BCUT2D eigenvalue weighted by atomic mass is 32.1. The van der Waals surface area contributed by atoms with E-state index in [9.17, 15) is 0 Å². The topological polar surface area (TPSA) is 0 Å². The number of aryl methyl sites for hydroxylation is 2. The second-order valence-corrected chi connectivity index (χ2v) is 4.86. The molecular formula is C13H16S. The number of hydrogen-bond donors (Lipinski definition) is 0. The van der Waals surface area contributed by atoms with Gasteiger partial charge in [-0.3, -0.25) is 0 Å². The minimum absolute atomic E-state index is 1.16. The molecule has 0 aliphatic heterocycles. The second kappa shape index (κ2) is 4.14. The first-order valence-electron chi connectivity index (χ1n) is 5.34. The molecule has 0 nitrogen and oxygen atoms in total. The quantitative estimate of drug-likeness (QED) is 0.694. The van der Waals surface area contributed by atoms with Crippen molar-refractivity contribution in [3.8, 4) is 0 Å². The molecule has 0 aliphatic rings. The van der Waals surface area contributed by atoms with Gasteiger partial charge in [-0.1, -0.05) is 32.4 Å². The lowest BCUT2D eigenvalue weighted by molar-refractivity contribution is 0.924. The van der Waals surface area contributed by atoms with Gasteiger partial charge >= 0.3 is 0 Å². The van der Waals surface area contributed by atoms with Gasteiger partial charge in [-0.05, 0) is 35.9 Å². The van der Waals surface area contributed by atoms with Crippen LogP contribution in [0.2, 0.25) is 0 Å². The first-order valence-corrected chi connectivity index (χ1v) is 6.16. The van der Waals surface area contributed by atoms with Crippen molar-refractivity contribution in [1.82, 2.24) is 0 Å². The molecule has 0 bridgehead atoms. The molecule has 0 saturated heterocycles. The van der Waals surface area contributed by atoms with Gasteiger partial charge in [0, 0.05) is 9.58 Å². The molecule has 2 rings (SSSR count). The molecular weight excluding hydrogens is 188 g/mol. The van der Waals surface area contributed by atoms with Crippen molar-refractivity contribution in [3.05, 3.63) is 34.7 Å². The Morgan fingerprint density at radius 3 is 2.71 bits per heavy atom. The van der Waals surface area contributed by atoms with Crippen LogP contribution in [0.4, 0.5) is 0 Å². The van der Waals surface area contributed by atoms with Crippen LogP contribution in [0.3, 0.4) is 0 Å². The van der Waals surface area contributed by atoms with Crippen molar-refractivity contribution >= 4 is 21.4 Å². The lowest BCUT2D eigenvalue weighted by Gasteiger charge is -1.97. The van der Waals surface area contributed by atoms with Crippen LogP contribution in [0.5, 0.6) is 0 Å². The Balaban J connectivity index is 2.43. The first kappa shape index (κ1) is 9.72. The van der Waals surface area contributed by atoms with Gasteiger partial charge in [0.15, 0.2) is 0 Å². The summed E-state index contributed by atoms with van der Waals surface area (Å²) in [5.41, 5.74) is 1.48. The molecule has 1 heterocycles. The molecule has 1 heteroatoms. The number of fused-ring (bicyclic) bond motifs is 1. The highest BCUT2D eigenvalue weighted by Gasteiger charge is 2.00. The van der Waals surface area contributed by atoms with Gasteiger partial charge < -0.3 is 0 Å². The summed E-state index contributed by atoms with van der Waals surface area (Å²) in [6.45, 7) is 4.45. The minimum Gasteiger partial charge on any atom is -0.140 e. The highest BCUT2D eigenvalue weighted by Crippen LogP contribution is 2.27. The summed E-state index contributed by atoms with van der Waals surface area (Å²) in [7, 11) is 0. The van der Waals surface area contributed by atoms with E-state index in [0.29, 0.717) is 0 Å². The van der Waals surface area contributed by atoms with E-state index in [1.54, 1.807) is 0 Å². The van der Waals surface area contributed by atoms with E-state index in [2.05, 4.69) is 38.1 Å². The predicted octanol–water partition coefficient (Wildman–Crippen LogP) is 4.42. The van der Waals surface area contributed by atoms with E-state index in [0.717, 1.165) is 6.42 Å². The van der Waals surface area contributed by atoms with Crippen molar-refractivity contribution in [2.75, 3.05) is 0 Å². The van der Waals surface area contributed by atoms with Crippen LogP contribution < -0.4 is 0 Å². The maximum Gasteiger partial charge on any atom is 0.0348 e. The van der Waals surface area contributed by atoms with E-state index in [1.165, 1.54) is 33.4 Å². The number of benzene rings is 1. The molecule has 0 fully saturated rings. The molecule has 0 aliphatic carbocycles. The average Bonchev–Trinajstić information content (AvgIpc) is 2.60. The van der Waals surface area contributed by atoms with Crippen molar-refractivity contribution in [2.24, 2.45) is 0 Å². The average molecular weight is 204 g/mol. The first-order chi connectivity index (χ1) is 6.83. The van der Waals surface area contributed by atoms with Gasteiger partial charge in [0.05, 0.1) is 0 Å².